The number of benzene rings is 1. The Hall–Kier alpha value is -0.600. The first-order valence-electron chi connectivity index (χ1n) is 4.31. The van der Waals surface area contributed by atoms with Gasteiger partial charge in [0.2, 0.25) is 0 Å². The summed E-state index contributed by atoms with van der Waals surface area (Å²) >= 11 is 9.45. The maximum absolute atomic E-state index is 5.98. The Bertz CT molecular complexity index is 461. The van der Waals surface area contributed by atoms with E-state index in [1.807, 2.05) is 19.1 Å². The standard InChI is InChI=1S/C11H9BrClN/c1-6-3-7(2)14-11-9(6)4-8(13)5-10(11)12/h3-5H,1-2H3. The molecule has 2 aromatic rings. The van der Waals surface area contributed by atoms with E-state index in [1.54, 1.807) is 0 Å². The van der Waals surface area contributed by atoms with Gasteiger partial charge in [-0.1, -0.05) is 11.6 Å². The molecule has 0 bridgehead atoms. The molecular weight excluding hydrogens is 261 g/mol. The number of fused-ring (bicyclic) bond motifs is 1. The summed E-state index contributed by atoms with van der Waals surface area (Å²) in [6.45, 7) is 4.06. The van der Waals surface area contributed by atoms with Crippen LogP contribution in [0.15, 0.2) is 22.7 Å². The number of rotatable bonds is 0. The van der Waals surface area contributed by atoms with Crippen LogP contribution in [0.5, 0.6) is 0 Å². The molecule has 0 fully saturated rings. The fraction of sp³-hybridized carbons (Fsp3) is 0.182. The van der Waals surface area contributed by atoms with Gasteiger partial charge in [0.1, 0.15) is 0 Å². The van der Waals surface area contributed by atoms with Gasteiger partial charge in [-0.2, -0.15) is 0 Å². The second-order valence-electron chi connectivity index (χ2n) is 3.36. The van der Waals surface area contributed by atoms with Gasteiger partial charge in [-0.3, -0.25) is 4.98 Å². The Balaban J connectivity index is 2.94. The third kappa shape index (κ3) is 1.64. The first kappa shape index (κ1) is 9.94. The maximum atomic E-state index is 5.98. The molecular formula is C11H9BrClN. The topological polar surface area (TPSA) is 12.9 Å². The van der Waals surface area contributed by atoms with Crippen LogP contribution >= 0.6 is 27.5 Å². The summed E-state index contributed by atoms with van der Waals surface area (Å²) in [4.78, 5) is 4.47. The fourth-order valence-corrected chi connectivity index (χ4v) is 2.48. The highest BCUT2D eigenvalue weighted by Gasteiger charge is 2.05. The number of nitrogens with zero attached hydrogens (tertiary/aromatic N) is 1. The van der Waals surface area contributed by atoms with Gasteiger partial charge in [0.15, 0.2) is 0 Å². The lowest BCUT2D eigenvalue weighted by molar-refractivity contribution is 1.23. The monoisotopic (exact) mass is 269 g/mol. The molecule has 0 saturated heterocycles. The lowest BCUT2D eigenvalue weighted by Crippen LogP contribution is -1.88. The van der Waals surface area contributed by atoms with Crippen molar-refractivity contribution in [3.63, 3.8) is 0 Å². The van der Waals surface area contributed by atoms with Gasteiger partial charge >= 0.3 is 0 Å². The third-order valence-electron chi connectivity index (χ3n) is 2.17. The van der Waals surface area contributed by atoms with Crippen LogP contribution in [0, 0.1) is 13.8 Å². The molecule has 1 aromatic heterocycles. The molecule has 1 nitrogen and oxygen atoms in total. The summed E-state index contributed by atoms with van der Waals surface area (Å²) in [5, 5.41) is 1.84. The number of aromatic nitrogens is 1. The summed E-state index contributed by atoms with van der Waals surface area (Å²) in [5.41, 5.74) is 3.21. The summed E-state index contributed by atoms with van der Waals surface area (Å²) in [6.07, 6.45) is 0. The van der Waals surface area contributed by atoms with Crippen molar-refractivity contribution in [3.05, 3.63) is 39.0 Å². The summed E-state index contributed by atoms with van der Waals surface area (Å²) in [5.74, 6) is 0. The molecule has 0 aliphatic carbocycles. The fourth-order valence-electron chi connectivity index (χ4n) is 1.58. The zero-order valence-electron chi connectivity index (χ0n) is 7.94. The molecule has 0 radical (unpaired) electrons. The highest BCUT2D eigenvalue weighted by atomic mass is 79.9. The molecule has 0 atom stereocenters. The number of halogens is 2. The zero-order chi connectivity index (χ0) is 10.3. The van der Waals surface area contributed by atoms with Gasteiger partial charge in [-0.25, -0.2) is 0 Å². The highest BCUT2D eigenvalue weighted by molar-refractivity contribution is 9.10. The Kier molecular flexibility index (Phi) is 2.50. The zero-order valence-corrected chi connectivity index (χ0v) is 10.3. The molecule has 1 heterocycles. The Labute approximate surface area is 96.2 Å². The quantitative estimate of drug-likeness (QED) is 0.697. The minimum Gasteiger partial charge on any atom is -0.252 e. The first-order valence-corrected chi connectivity index (χ1v) is 5.48. The molecule has 0 saturated carbocycles. The number of pyridine rings is 1. The predicted molar refractivity (Wildman–Crippen MR) is 63.9 cm³/mol. The highest BCUT2D eigenvalue weighted by Crippen LogP contribution is 2.29. The summed E-state index contributed by atoms with van der Waals surface area (Å²) in [7, 11) is 0. The Morgan fingerprint density at radius 3 is 2.64 bits per heavy atom. The smallest absolute Gasteiger partial charge is 0.0850 e. The van der Waals surface area contributed by atoms with Crippen molar-refractivity contribution >= 4 is 38.4 Å². The lowest BCUT2D eigenvalue weighted by Gasteiger charge is -2.05. The van der Waals surface area contributed by atoms with Crippen LogP contribution in [0.25, 0.3) is 10.9 Å². The van der Waals surface area contributed by atoms with Crippen LogP contribution in [0.3, 0.4) is 0 Å². The van der Waals surface area contributed by atoms with Gasteiger partial charge < -0.3 is 0 Å². The van der Waals surface area contributed by atoms with Crippen molar-refractivity contribution in [1.29, 1.82) is 0 Å². The van der Waals surface area contributed by atoms with Crippen molar-refractivity contribution in [1.82, 2.24) is 4.98 Å². The van der Waals surface area contributed by atoms with Crippen LogP contribution < -0.4 is 0 Å². The largest absolute Gasteiger partial charge is 0.252 e. The van der Waals surface area contributed by atoms with E-state index in [9.17, 15) is 0 Å². The van der Waals surface area contributed by atoms with E-state index in [4.69, 9.17) is 11.6 Å². The molecule has 0 spiro atoms. The van der Waals surface area contributed by atoms with Gasteiger partial charge in [0.05, 0.1) is 5.52 Å². The lowest BCUT2D eigenvalue weighted by atomic mass is 10.1. The van der Waals surface area contributed by atoms with E-state index in [-0.39, 0.29) is 0 Å². The van der Waals surface area contributed by atoms with Crippen molar-refractivity contribution in [2.75, 3.05) is 0 Å². The van der Waals surface area contributed by atoms with E-state index < -0.39 is 0 Å². The molecule has 0 amide bonds. The van der Waals surface area contributed by atoms with E-state index in [2.05, 4.69) is 33.9 Å². The number of hydrogen-bond acceptors (Lipinski definition) is 1. The molecule has 72 valence electrons. The van der Waals surface area contributed by atoms with E-state index >= 15 is 0 Å². The van der Waals surface area contributed by atoms with Gasteiger partial charge in [-0.05, 0) is 53.5 Å². The van der Waals surface area contributed by atoms with Crippen LogP contribution in [-0.4, -0.2) is 4.98 Å². The second-order valence-corrected chi connectivity index (χ2v) is 4.66. The maximum Gasteiger partial charge on any atom is 0.0850 e. The van der Waals surface area contributed by atoms with Crippen LogP contribution in [0.4, 0.5) is 0 Å². The van der Waals surface area contributed by atoms with Crippen molar-refractivity contribution in [3.8, 4) is 0 Å². The molecule has 0 aliphatic rings. The van der Waals surface area contributed by atoms with E-state index in [0.29, 0.717) is 0 Å². The Morgan fingerprint density at radius 2 is 1.93 bits per heavy atom. The first-order chi connectivity index (χ1) is 6.58. The molecule has 0 N–H and O–H groups in total. The molecule has 2 rings (SSSR count). The van der Waals surface area contributed by atoms with Crippen LogP contribution in [0.1, 0.15) is 11.3 Å². The average molecular weight is 271 g/mol. The van der Waals surface area contributed by atoms with Gasteiger partial charge in [0, 0.05) is 20.6 Å². The SMILES string of the molecule is Cc1cc(C)c2cc(Cl)cc(Br)c2n1. The summed E-state index contributed by atoms with van der Waals surface area (Å²) in [6, 6.07) is 5.88. The average Bonchev–Trinajstić information content (AvgIpc) is 2.07. The van der Waals surface area contributed by atoms with Crippen LogP contribution in [-0.2, 0) is 0 Å². The van der Waals surface area contributed by atoms with E-state index in [1.165, 1.54) is 5.56 Å². The predicted octanol–water partition coefficient (Wildman–Crippen LogP) is 4.27. The van der Waals surface area contributed by atoms with Gasteiger partial charge in [0.25, 0.3) is 0 Å². The van der Waals surface area contributed by atoms with Crippen molar-refractivity contribution in [2.45, 2.75) is 13.8 Å². The minimum atomic E-state index is 0.734. The normalized spacial score (nSPS) is 10.9. The molecule has 0 unspecified atom stereocenters. The Morgan fingerprint density at radius 1 is 1.21 bits per heavy atom. The minimum absolute atomic E-state index is 0.734. The third-order valence-corrected chi connectivity index (χ3v) is 2.99. The number of aryl methyl sites for hydroxylation is 2. The molecule has 3 heteroatoms. The van der Waals surface area contributed by atoms with Crippen molar-refractivity contribution in [2.24, 2.45) is 0 Å². The van der Waals surface area contributed by atoms with Crippen LogP contribution in [0.2, 0.25) is 5.02 Å². The number of hydrogen-bond donors (Lipinski definition) is 0. The summed E-state index contributed by atoms with van der Waals surface area (Å²) < 4.78 is 0.951. The second kappa shape index (κ2) is 3.52. The van der Waals surface area contributed by atoms with Gasteiger partial charge in [-0.15, -0.1) is 0 Å². The molecule has 0 aliphatic heterocycles. The van der Waals surface area contributed by atoms with Crippen molar-refractivity contribution < 1.29 is 0 Å². The van der Waals surface area contributed by atoms with E-state index in [0.717, 1.165) is 26.1 Å². The molecule has 1 aromatic carbocycles. The molecule has 14 heavy (non-hydrogen) atoms.